The van der Waals surface area contributed by atoms with Gasteiger partial charge in [0.25, 0.3) is 0 Å². The number of nitrogens with one attached hydrogen (secondary N) is 2. The van der Waals surface area contributed by atoms with Gasteiger partial charge in [-0.3, -0.25) is 4.79 Å². The molecule has 0 unspecified atom stereocenters. The number of allylic oxidation sites excluding steroid dienone is 1. The molecule has 1 aliphatic carbocycles. The van der Waals surface area contributed by atoms with Crippen LogP contribution in [0.15, 0.2) is 42.3 Å². The molecular formula is C30H39N5OS. The van der Waals surface area contributed by atoms with E-state index in [1.54, 1.807) is 11.3 Å². The molecule has 6 nitrogen and oxygen atoms in total. The molecule has 2 aliphatic rings. The number of aryl methyl sites for hydroxylation is 1. The summed E-state index contributed by atoms with van der Waals surface area (Å²) in [5.74, 6) is 2.95. The molecule has 3 aromatic rings. The molecule has 1 saturated heterocycles. The first-order valence-corrected chi connectivity index (χ1v) is 14.6. The SMILES string of the molecule is C=CC(=O)CC1CCC(Nc2nc(Nc3ccc(CC4CCN(C)CC4)c(C)c3)nc3ccsc23)CC1. The Balaban J connectivity index is 1.25. The summed E-state index contributed by atoms with van der Waals surface area (Å²) >= 11 is 1.68. The normalized spacial score (nSPS) is 21.1. The number of benzene rings is 1. The quantitative estimate of drug-likeness (QED) is 0.306. The first-order valence-electron chi connectivity index (χ1n) is 13.7. The number of carbonyl (C=O) groups excluding carboxylic acids is 1. The van der Waals surface area contributed by atoms with Crippen LogP contribution in [0.3, 0.4) is 0 Å². The van der Waals surface area contributed by atoms with Crippen LogP contribution in [0, 0.1) is 18.8 Å². The summed E-state index contributed by atoms with van der Waals surface area (Å²) < 4.78 is 1.10. The number of ketones is 1. The fourth-order valence-corrected chi connectivity index (χ4v) is 6.58. The van der Waals surface area contributed by atoms with E-state index in [9.17, 15) is 4.79 Å². The summed E-state index contributed by atoms with van der Waals surface area (Å²) in [6.07, 6.45) is 10.0. The van der Waals surface area contributed by atoms with E-state index in [0.717, 1.165) is 59.7 Å². The molecule has 2 aromatic heterocycles. The smallest absolute Gasteiger partial charge is 0.229 e. The highest BCUT2D eigenvalue weighted by atomic mass is 32.1. The van der Waals surface area contributed by atoms with E-state index in [1.165, 1.54) is 43.1 Å². The average molecular weight is 518 g/mol. The third kappa shape index (κ3) is 6.57. The molecule has 37 heavy (non-hydrogen) atoms. The molecule has 196 valence electrons. The second-order valence-electron chi connectivity index (χ2n) is 11.0. The molecule has 0 bridgehead atoms. The van der Waals surface area contributed by atoms with Crippen molar-refractivity contribution in [1.82, 2.24) is 14.9 Å². The van der Waals surface area contributed by atoms with Gasteiger partial charge in [-0.05, 0) is 125 Å². The zero-order valence-electron chi connectivity index (χ0n) is 22.1. The van der Waals surface area contributed by atoms with E-state index >= 15 is 0 Å². The van der Waals surface area contributed by atoms with Crippen molar-refractivity contribution in [3.05, 3.63) is 53.4 Å². The molecule has 0 amide bonds. The van der Waals surface area contributed by atoms with Crippen LogP contribution in [0.2, 0.25) is 0 Å². The summed E-state index contributed by atoms with van der Waals surface area (Å²) in [6, 6.07) is 9.09. The van der Waals surface area contributed by atoms with Gasteiger partial charge in [0.15, 0.2) is 5.78 Å². The van der Waals surface area contributed by atoms with Crippen molar-refractivity contribution in [1.29, 1.82) is 0 Å². The van der Waals surface area contributed by atoms with Crippen molar-refractivity contribution < 1.29 is 4.79 Å². The summed E-state index contributed by atoms with van der Waals surface area (Å²) in [7, 11) is 2.22. The number of thiophene rings is 1. The lowest BCUT2D eigenvalue weighted by Gasteiger charge is -2.29. The maximum absolute atomic E-state index is 11.7. The summed E-state index contributed by atoms with van der Waals surface area (Å²) in [6.45, 7) is 8.24. The highest BCUT2D eigenvalue weighted by Crippen LogP contribution is 2.33. The predicted octanol–water partition coefficient (Wildman–Crippen LogP) is 6.74. The lowest BCUT2D eigenvalue weighted by atomic mass is 9.83. The maximum atomic E-state index is 11.7. The Bertz CT molecular complexity index is 1240. The number of rotatable bonds is 9. The number of fused-ring (bicyclic) bond motifs is 1. The number of nitrogens with zero attached hydrogens (tertiary/aromatic N) is 3. The molecule has 0 spiro atoms. The molecule has 0 atom stereocenters. The average Bonchev–Trinajstić information content (AvgIpc) is 3.37. The number of piperidine rings is 1. The van der Waals surface area contributed by atoms with Crippen LogP contribution in [-0.4, -0.2) is 46.8 Å². The number of anilines is 3. The van der Waals surface area contributed by atoms with Crippen LogP contribution >= 0.6 is 11.3 Å². The molecular weight excluding hydrogens is 478 g/mol. The van der Waals surface area contributed by atoms with Gasteiger partial charge in [-0.1, -0.05) is 12.6 Å². The first kappa shape index (κ1) is 25.9. The van der Waals surface area contributed by atoms with Gasteiger partial charge in [0.05, 0.1) is 10.2 Å². The number of hydrogen-bond acceptors (Lipinski definition) is 7. The van der Waals surface area contributed by atoms with Crippen LogP contribution in [0.4, 0.5) is 17.5 Å². The van der Waals surface area contributed by atoms with E-state index in [2.05, 4.69) is 65.7 Å². The van der Waals surface area contributed by atoms with Crippen molar-refractivity contribution >= 4 is 44.8 Å². The van der Waals surface area contributed by atoms with Gasteiger partial charge in [0, 0.05) is 18.2 Å². The number of likely N-dealkylation sites (tertiary alicyclic amines) is 1. The summed E-state index contributed by atoms with van der Waals surface area (Å²) in [5.41, 5.74) is 4.76. The molecule has 2 fully saturated rings. The zero-order valence-corrected chi connectivity index (χ0v) is 22.9. The highest BCUT2D eigenvalue weighted by molar-refractivity contribution is 7.17. The van der Waals surface area contributed by atoms with Crippen molar-refractivity contribution in [2.75, 3.05) is 30.8 Å². The van der Waals surface area contributed by atoms with Gasteiger partial charge in [-0.15, -0.1) is 11.3 Å². The first-order chi connectivity index (χ1) is 18.0. The number of carbonyl (C=O) groups is 1. The molecule has 5 rings (SSSR count). The maximum Gasteiger partial charge on any atom is 0.229 e. The fourth-order valence-electron chi connectivity index (χ4n) is 5.80. The van der Waals surface area contributed by atoms with Gasteiger partial charge >= 0.3 is 0 Å². The van der Waals surface area contributed by atoms with E-state index < -0.39 is 0 Å². The number of aromatic nitrogens is 2. The highest BCUT2D eigenvalue weighted by Gasteiger charge is 2.24. The lowest BCUT2D eigenvalue weighted by molar-refractivity contribution is -0.115. The Kier molecular flexibility index (Phi) is 8.20. The standard InChI is InChI=1S/C30H39N5OS/c1-4-26(36)19-21-5-8-24(9-6-21)31-29-28-27(13-16-37-28)33-30(34-29)32-25-10-7-23(20(2)17-25)18-22-11-14-35(3)15-12-22/h4,7,10,13,16-17,21-22,24H,1,5-6,8-9,11-12,14-15,18-19H2,2-3H3,(H2,31,32,33,34). The molecule has 1 aromatic carbocycles. The lowest BCUT2D eigenvalue weighted by Crippen LogP contribution is -2.31. The molecule has 0 radical (unpaired) electrons. The van der Waals surface area contributed by atoms with E-state index in [1.807, 2.05) is 0 Å². The van der Waals surface area contributed by atoms with Crippen LogP contribution in [0.25, 0.3) is 10.2 Å². The minimum atomic E-state index is 0.160. The minimum absolute atomic E-state index is 0.160. The van der Waals surface area contributed by atoms with Gasteiger partial charge in [0.2, 0.25) is 5.95 Å². The second-order valence-corrected chi connectivity index (χ2v) is 11.9. The Morgan fingerprint density at radius 3 is 2.62 bits per heavy atom. The summed E-state index contributed by atoms with van der Waals surface area (Å²) in [4.78, 5) is 23.9. The van der Waals surface area contributed by atoms with Gasteiger partial charge in [-0.25, -0.2) is 4.98 Å². The third-order valence-corrected chi connectivity index (χ3v) is 9.06. The van der Waals surface area contributed by atoms with Gasteiger partial charge < -0.3 is 15.5 Å². The van der Waals surface area contributed by atoms with Crippen molar-refractivity contribution in [3.8, 4) is 0 Å². The Hall–Kier alpha value is -2.77. The van der Waals surface area contributed by atoms with E-state index in [0.29, 0.717) is 24.3 Å². The molecule has 7 heteroatoms. The molecule has 1 aliphatic heterocycles. The van der Waals surface area contributed by atoms with Crippen molar-refractivity contribution in [3.63, 3.8) is 0 Å². The van der Waals surface area contributed by atoms with Crippen LogP contribution in [-0.2, 0) is 11.2 Å². The predicted molar refractivity (Wildman–Crippen MR) is 155 cm³/mol. The van der Waals surface area contributed by atoms with Crippen molar-refractivity contribution in [2.24, 2.45) is 11.8 Å². The summed E-state index contributed by atoms with van der Waals surface area (Å²) in [5, 5.41) is 9.25. The monoisotopic (exact) mass is 517 g/mol. The van der Waals surface area contributed by atoms with Crippen LogP contribution in [0.5, 0.6) is 0 Å². The molecule has 2 N–H and O–H groups in total. The topological polar surface area (TPSA) is 70.2 Å². The molecule has 3 heterocycles. The van der Waals surface area contributed by atoms with Crippen LogP contribution < -0.4 is 10.6 Å². The minimum Gasteiger partial charge on any atom is -0.366 e. The Labute approximate surface area is 224 Å². The van der Waals surface area contributed by atoms with Crippen LogP contribution in [0.1, 0.15) is 56.1 Å². The molecule has 1 saturated carbocycles. The van der Waals surface area contributed by atoms with Gasteiger partial charge in [0.1, 0.15) is 5.82 Å². The largest absolute Gasteiger partial charge is 0.366 e. The van der Waals surface area contributed by atoms with Gasteiger partial charge in [-0.2, -0.15) is 4.98 Å². The fraction of sp³-hybridized carbons (Fsp3) is 0.500. The Morgan fingerprint density at radius 1 is 1.11 bits per heavy atom. The number of hydrogen-bond donors (Lipinski definition) is 2. The second kappa shape index (κ2) is 11.7. The third-order valence-electron chi connectivity index (χ3n) is 8.15. The van der Waals surface area contributed by atoms with Crippen molar-refractivity contribution in [2.45, 2.75) is 64.3 Å². The van der Waals surface area contributed by atoms with E-state index in [4.69, 9.17) is 9.97 Å². The Morgan fingerprint density at radius 2 is 1.89 bits per heavy atom. The zero-order chi connectivity index (χ0) is 25.8. The van der Waals surface area contributed by atoms with E-state index in [-0.39, 0.29) is 5.78 Å².